The molecule has 4 N–H and O–H groups in total. The Balaban J connectivity index is 1.45. The van der Waals surface area contributed by atoms with Gasteiger partial charge in [-0.1, -0.05) is 18.2 Å². The first-order chi connectivity index (χ1) is 20.3. The number of ether oxygens (including phenoxy) is 2. The highest BCUT2D eigenvalue weighted by atomic mass is 16.5. The smallest absolute Gasteiger partial charge is 0.349 e. The first-order valence-electron chi connectivity index (χ1n) is 14.0. The molecule has 42 heavy (non-hydrogen) atoms. The maximum Gasteiger partial charge on any atom is 0.349 e. The van der Waals surface area contributed by atoms with E-state index in [0.29, 0.717) is 33.6 Å². The van der Waals surface area contributed by atoms with Crippen LogP contribution in [0.2, 0.25) is 0 Å². The number of aliphatic hydroxyl groups excluding tert-OH is 3. The number of rotatable bonds is 9. The fourth-order valence-electron chi connectivity index (χ4n) is 5.90. The van der Waals surface area contributed by atoms with Crippen molar-refractivity contribution in [1.29, 1.82) is 0 Å². The number of hydrogen-bond acceptors (Lipinski definition) is 9. The van der Waals surface area contributed by atoms with Crippen molar-refractivity contribution in [2.24, 2.45) is 5.92 Å². The molecule has 2 heterocycles. The SMILES string of the molecule is COc1cc(CO)cc2c1OC1C2C(C(=O)NCCO)=CC(N(CC2CC2)C(=O)c2cc3ccccc3oc2=O)C1O. The van der Waals surface area contributed by atoms with Gasteiger partial charge < -0.3 is 39.4 Å². The topological polar surface area (TPSA) is 159 Å². The minimum absolute atomic E-state index is 0.00263. The summed E-state index contributed by atoms with van der Waals surface area (Å²) in [4.78, 5) is 41.9. The minimum atomic E-state index is -1.28. The number of nitrogens with one attached hydrogen (secondary N) is 1. The average molecular weight is 577 g/mol. The van der Waals surface area contributed by atoms with Crippen LogP contribution in [0.25, 0.3) is 11.0 Å². The molecule has 220 valence electrons. The lowest BCUT2D eigenvalue weighted by Gasteiger charge is -2.40. The van der Waals surface area contributed by atoms with Crippen molar-refractivity contribution >= 4 is 22.8 Å². The van der Waals surface area contributed by atoms with E-state index in [2.05, 4.69) is 5.32 Å². The normalized spacial score (nSPS) is 22.5. The van der Waals surface area contributed by atoms with Crippen LogP contribution in [0.3, 0.4) is 0 Å². The number of carbonyl (C=O) groups excluding carboxylic acids is 2. The molecule has 1 saturated carbocycles. The molecule has 1 fully saturated rings. The number of carbonyl (C=O) groups is 2. The quantitative estimate of drug-likeness (QED) is 0.277. The standard InChI is InChI=1S/C31H32N2O9/c1-40-24-11-17(15-35)10-19-25-20(29(37)32-8-9-34)13-22(26(36)28(25)42-27(19)24)33(14-16-6-7-16)30(38)21-12-18-4-2-3-5-23(18)41-31(21)39/h2-5,10-13,16,22,25-26,28,34-36H,6-9,14-15H2,1H3,(H,32,37). The average Bonchev–Trinajstić information content (AvgIpc) is 3.75. The molecule has 0 spiro atoms. The van der Waals surface area contributed by atoms with Crippen LogP contribution < -0.4 is 20.4 Å². The van der Waals surface area contributed by atoms with Crippen LogP contribution in [0.1, 0.15) is 40.2 Å². The van der Waals surface area contributed by atoms with Gasteiger partial charge in [0.25, 0.3) is 5.91 Å². The molecular weight excluding hydrogens is 544 g/mol. The Labute approximate surface area is 241 Å². The summed E-state index contributed by atoms with van der Waals surface area (Å²) in [5, 5.41) is 34.2. The summed E-state index contributed by atoms with van der Waals surface area (Å²) < 4.78 is 17.2. The highest BCUT2D eigenvalue weighted by molar-refractivity contribution is 5.98. The number of aliphatic hydroxyl groups is 3. The van der Waals surface area contributed by atoms with E-state index in [-0.39, 0.29) is 43.4 Å². The van der Waals surface area contributed by atoms with Gasteiger partial charge >= 0.3 is 5.63 Å². The van der Waals surface area contributed by atoms with Crippen molar-refractivity contribution < 1.29 is 38.8 Å². The van der Waals surface area contributed by atoms with Crippen molar-refractivity contribution in [3.05, 3.63) is 81.2 Å². The lowest BCUT2D eigenvalue weighted by atomic mass is 9.77. The summed E-state index contributed by atoms with van der Waals surface area (Å²) in [5.41, 5.74) is 0.714. The molecule has 0 radical (unpaired) electrons. The Morgan fingerprint density at radius 2 is 1.93 bits per heavy atom. The molecule has 6 rings (SSSR count). The van der Waals surface area contributed by atoms with Crippen molar-refractivity contribution in [2.45, 2.75) is 43.6 Å². The van der Waals surface area contributed by atoms with Crippen molar-refractivity contribution in [1.82, 2.24) is 10.2 Å². The summed E-state index contributed by atoms with van der Waals surface area (Å²) in [5.74, 6) is -1.00. The zero-order chi connectivity index (χ0) is 29.5. The fourth-order valence-corrected chi connectivity index (χ4v) is 5.90. The van der Waals surface area contributed by atoms with Gasteiger partial charge in [0.05, 0.1) is 32.3 Å². The van der Waals surface area contributed by atoms with Crippen LogP contribution >= 0.6 is 0 Å². The van der Waals surface area contributed by atoms with E-state index in [1.807, 2.05) is 0 Å². The Hall–Kier alpha value is -4.19. The summed E-state index contributed by atoms with van der Waals surface area (Å²) in [6.45, 7) is -0.298. The van der Waals surface area contributed by atoms with Gasteiger partial charge in [0.15, 0.2) is 11.5 Å². The van der Waals surface area contributed by atoms with Crippen LogP contribution in [-0.2, 0) is 11.4 Å². The molecule has 2 amide bonds. The van der Waals surface area contributed by atoms with Gasteiger partial charge in [-0.05, 0) is 54.7 Å². The second-order valence-corrected chi connectivity index (χ2v) is 10.9. The lowest BCUT2D eigenvalue weighted by molar-refractivity contribution is -0.118. The molecule has 4 unspecified atom stereocenters. The van der Waals surface area contributed by atoms with Gasteiger partial charge in [-0.15, -0.1) is 0 Å². The predicted octanol–water partition coefficient (Wildman–Crippen LogP) is 1.47. The van der Waals surface area contributed by atoms with Gasteiger partial charge in [0, 0.05) is 29.6 Å². The Morgan fingerprint density at radius 1 is 1.14 bits per heavy atom. The van der Waals surface area contributed by atoms with Crippen molar-refractivity contribution in [2.75, 3.05) is 26.8 Å². The third kappa shape index (κ3) is 4.93. The highest BCUT2D eigenvalue weighted by Crippen LogP contribution is 2.51. The van der Waals surface area contributed by atoms with Gasteiger partial charge in [-0.3, -0.25) is 9.59 Å². The summed E-state index contributed by atoms with van der Waals surface area (Å²) in [6.07, 6.45) is 1.07. The Kier molecular flexibility index (Phi) is 7.48. The zero-order valence-electron chi connectivity index (χ0n) is 23.0. The number of amides is 2. The number of methoxy groups -OCH3 is 1. The molecule has 11 heteroatoms. The Morgan fingerprint density at radius 3 is 2.64 bits per heavy atom. The molecule has 1 aromatic heterocycles. The maximum absolute atomic E-state index is 14.1. The molecule has 2 aliphatic carbocycles. The predicted molar refractivity (Wildman–Crippen MR) is 150 cm³/mol. The van der Waals surface area contributed by atoms with E-state index in [9.17, 15) is 29.7 Å². The second-order valence-electron chi connectivity index (χ2n) is 10.9. The summed E-state index contributed by atoms with van der Waals surface area (Å²) >= 11 is 0. The lowest BCUT2D eigenvalue weighted by Crippen LogP contribution is -2.56. The van der Waals surface area contributed by atoms with E-state index in [1.54, 1.807) is 42.5 Å². The third-order valence-corrected chi connectivity index (χ3v) is 8.14. The van der Waals surface area contributed by atoms with E-state index >= 15 is 0 Å². The van der Waals surface area contributed by atoms with E-state index < -0.39 is 41.6 Å². The molecule has 11 nitrogen and oxygen atoms in total. The first kappa shape index (κ1) is 28.0. The number of fused-ring (bicyclic) bond motifs is 4. The van der Waals surface area contributed by atoms with E-state index in [0.717, 1.165) is 12.8 Å². The molecular formula is C31H32N2O9. The summed E-state index contributed by atoms with van der Waals surface area (Å²) in [6, 6.07) is 10.7. The van der Waals surface area contributed by atoms with E-state index in [1.165, 1.54) is 18.1 Å². The summed E-state index contributed by atoms with van der Waals surface area (Å²) in [7, 11) is 1.46. The highest BCUT2D eigenvalue weighted by Gasteiger charge is 2.52. The monoisotopic (exact) mass is 576 g/mol. The minimum Gasteiger partial charge on any atom is -0.493 e. The van der Waals surface area contributed by atoms with Gasteiger partial charge in [0.1, 0.15) is 23.4 Å². The maximum atomic E-state index is 14.1. The first-order valence-corrected chi connectivity index (χ1v) is 14.0. The van der Waals surface area contributed by atoms with E-state index in [4.69, 9.17) is 13.9 Å². The Bertz CT molecular complexity index is 1630. The third-order valence-electron chi connectivity index (χ3n) is 8.14. The van der Waals surface area contributed by atoms with Gasteiger partial charge in [-0.2, -0.15) is 0 Å². The number of nitrogens with zero attached hydrogens (tertiary/aromatic N) is 1. The fraction of sp³-hybridized carbons (Fsp3) is 0.387. The van der Waals surface area contributed by atoms with Crippen LogP contribution in [0.4, 0.5) is 0 Å². The van der Waals surface area contributed by atoms with Gasteiger partial charge in [-0.25, -0.2) is 4.79 Å². The van der Waals surface area contributed by atoms with Crippen molar-refractivity contribution in [3.63, 3.8) is 0 Å². The number of hydrogen-bond donors (Lipinski definition) is 4. The second kappa shape index (κ2) is 11.2. The number of para-hydroxylation sites is 1. The molecule has 1 aliphatic heterocycles. The molecule has 3 aromatic rings. The van der Waals surface area contributed by atoms with Gasteiger partial charge in [0.2, 0.25) is 5.91 Å². The molecule has 0 bridgehead atoms. The molecule has 4 atom stereocenters. The van der Waals surface area contributed by atoms with Crippen molar-refractivity contribution in [3.8, 4) is 11.5 Å². The van der Waals surface area contributed by atoms with Crippen LogP contribution in [-0.4, -0.2) is 77.1 Å². The van der Waals surface area contributed by atoms with Crippen LogP contribution in [0.15, 0.2) is 63.3 Å². The molecule has 2 aromatic carbocycles. The zero-order valence-corrected chi connectivity index (χ0v) is 23.0. The van der Waals surface area contributed by atoms with Crippen LogP contribution in [0.5, 0.6) is 11.5 Å². The van der Waals surface area contributed by atoms with Crippen LogP contribution in [0, 0.1) is 5.92 Å². The number of benzene rings is 2. The molecule has 0 saturated heterocycles. The molecule has 3 aliphatic rings. The largest absolute Gasteiger partial charge is 0.493 e.